The summed E-state index contributed by atoms with van der Waals surface area (Å²) in [6.07, 6.45) is 4.34. The number of hydrogen-bond acceptors (Lipinski definition) is 28. The van der Waals surface area contributed by atoms with Crippen molar-refractivity contribution in [1.82, 2.24) is 30.7 Å². The van der Waals surface area contributed by atoms with Crippen LogP contribution in [0.25, 0.3) is 53.0 Å². The first-order valence-electron chi connectivity index (χ1n) is 40.5. The van der Waals surface area contributed by atoms with E-state index in [0.29, 0.717) is 239 Å². The van der Waals surface area contributed by atoms with Gasteiger partial charge < -0.3 is 113 Å². The van der Waals surface area contributed by atoms with Crippen LogP contribution in [0.15, 0.2) is 106 Å². The molecule has 122 heavy (non-hydrogen) atoms. The number of benzene rings is 3. The fourth-order valence-electron chi connectivity index (χ4n) is 10.1. The molecule has 1 atom stereocenters. The lowest BCUT2D eigenvalue weighted by atomic mass is 9.87. The van der Waals surface area contributed by atoms with Crippen LogP contribution in [0.2, 0.25) is 0 Å². The summed E-state index contributed by atoms with van der Waals surface area (Å²) in [6, 6.07) is 23.8. The van der Waals surface area contributed by atoms with Gasteiger partial charge in [0, 0.05) is 133 Å². The third-order valence-electron chi connectivity index (χ3n) is 15.9. The summed E-state index contributed by atoms with van der Waals surface area (Å²) < 4.78 is 72.9. The third-order valence-corrected chi connectivity index (χ3v) is 15.9. The number of aryl methyl sites for hydroxylation is 1. The Labute approximate surface area is 716 Å². The molecular weight excluding hydrogens is 1590 g/mol. The Morgan fingerprint density at radius 1 is 0.533 bits per heavy atom. The molecule has 0 radical (unpaired) electrons. The minimum atomic E-state index is -0.498. The standard InChI is InChI=1S/C37H39N5O4.C14H28N4O5.C13H26N4O5.C9H20N4O3.C8H18N4O3/c1-4-42(5-2)29-16-17-33(40-35(44)26-12-8-13-28(22-26)37(46)41(3)20-21-43)31(24-29)34-23-27(18-19-38-34)36(45)39-32-15-9-11-25-10-6-7-14-30(25)32;1-14(2,3)23-13(19)18(4)6-8-21-10-12-22-11-9-20-7-5-16-17-15;1-13(2,3)22-12(18)15-4-6-19-8-10-21-11-9-20-7-5-16-17-14;1-11-2-4-14-6-8-16-9-7-15-5-3-12-13-10;9-1-3-13-5-7-15-8-6-14-4-2-11-12-10/h6-8,10,12-14,16-19,21-24,32H,4-5,9,11,15,20H2,1-3H3,(H,39,45)(H,40,44);5-12H2,1-4H3;4-11H2,1-3H3,(H,15,18);11H,2-9H2,1H3;1-9H2/t32-;;;;/m0..../s1. The maximum absolute atomic E-state index is 13.5. The fraction of sp³-hybridized carbons (Fsp3) is 0.642. The number of nitrogens with zero attached hydrogens (tertiary/aromatic N) is 16. The van der Waals surface area contributed by atoms with Crippen molar-refractivity contribution < 1.29 is 95.1 Å². The van der Waals surface area contributed by atoms with Gasteiger partial charge in [0.25, 0.3) is 17.7 Å². The SMILES string of the molecule is CC(C)(C)OC(=O)NCCOCCOCCOCCN=[N+]=[N-].CCN(CC)c1ccc(NC(=O)c2cccc(C(=O)N(C)CC=O)c2)c(-c2cc(C(=O)N[C@H]3CCCc4ccccc43)ccn2)c1.CN(CCOCCOCCOCCN=[N+]=[N-])C(=O)OC(C)(C)C.CNCCOCCOCCOCCN=[N+]=[N-].[N-]=[N+]=NCCOCCOCCOCCN. The van der Waals surface area contributed by atoms with Gasteiger partial charge in [-0.1, -0.05) is 50.8 Å². The molecule has 41 heteroatoms. The number of carbonyl (C=O) groups excluding carboxylic acids is 6. The lowest BCUT2D eigenvalue weighted by molar-refractivity contribution is -0.108. The summed E-state index contributed by atoms with van der Waals surface area (Å²) in [5, 5.41) is 25.1. The molecular formula is C81H131N21O20. The van der Waals surface area contributed by atoms with Gasteiger partial charge >= 0.3 is 12.2 Å². The van der Waals surface area contributed by atoms with Crippen molar-refractivity contribution in [3.63, 3.8) is 0 Å². The zero-order valence-corrected chi connectivity index (χ0v) is 73.0. The molecule has 5 rings (SSSR count). The molecule has 0 bridgehead atoms. The Balaban J connectivity index is 0.000000831. The first-order valence-corrected chi connectivity index (χ1v) is 40.5. The number of nitrogens with two attached hydrogens (primary N) is 1. The molecule has 6 N–H and O–H groups in total. The van der Waals surface area contributed by atoms with E-state index >= 15 is 0 Å². The van der Waals surface area contributed by atoms with Crippen molar-refractivity contribution in [2.45, 2.75) is 91.9 Å². The normalized spacial score (nSPS) is 11.7. The highest BCUT2D eigenvalue weighted by Crippen LogP contribution is 2.34. The van der Waals surface area contributed by atoms with Gasteiger partial charge in [0.15, 0.2) is 0 Å². The Morgan fingerprint density at radius 3 is 1.47 bits per heavy atom. The van der Waals surface area contributed by atoms with E-state index in [4.69, 9.17) is 94.2 Å². The van der Waals surface area contributed by atoms with Crippen LogP contribution < -0.4 is 31.9 Å². The van der Waals surface area contributed by atoms with Crippen LogP contribution >= 0.6 is 0 Å². The highest BCUT2D eigenvalue weighted by Gasteiger charge is 2.25. The predicted octanol–water partition coefficient (Wildman–Crippen LogP) is 10.9. The van der Waals surface area contributed by atoms with Crippen LogP contribution in [0.5, 0.6) is 0 Å². The van der Waals surface area contributed by atoms with E-state index in [9.17, 15) is 28.8 Å². The lowest BCUT2D eigenvalue weighted by Crippen LogP contribution is -2.36. The highest BCUT2D eigenvalue weighted by molar-refractivity contribution is 6.08. The minimum absolute atomic E-state index is 0.0461. The molecule has 1 aliphatic carbocycles. The molecule has 0 spiro atoms. The van der Waals surface area contributed by atoms with E-state index in [-0.39, 0.29) is 36.1 Å². The maximum atomic E-state index is 13.5. The number of aldehydes is 1. The summed E-state index contributed by atoms with van der Waals surface area (Å²) in [6.45, 7) is 31.8. The number of rotatable bonds is 58. The van der Waals surface area contributed by atoms with E-state index < -0.39 is 23.2 Å². The largest absolute Gasteiger partial charge is 0.444 e. The second kappa shape index (κ2) is 72.5. The summed E-state index contributed by atoms with van der Waals surface area (Å²) in [4.78, 5) is 93.6. The van der Waals surface area contributed by atoms with Crippen molar-refractivity contribution in [1.29, 1.82) is 0 Å². The molecule has 0 fully saturated rings. The monoisotopic (exact) mass is 1720 g/mol. The smallest absolute Gasteiger partial charge is 0.410 e. The van der Waals surface area contributed by atoms with Gasteiger partial charge in [-0.3, -0.25) is 19.4 Å². The van der Waals surface area contributed by atoms with Crippen LogP contribution in [0.1, 0.15) is 116 Å². The molecule has 41 nitrogen and oxygen atoms in total. The van der Waals surface area contributed by atoms with E-state index in [1.807, 2.05) is 58.2 Å². The molecule has 1 aromatic heterocycles. The van der Waals surface area contributed by atoms with Gasteiger partial charge in [-0.05, 0) is 163 Å². The molecule has 0 saturated carbocycles. The third kappa shape index (κ3) is 57.2. The quantitative estimate of drug-likeness (QED) is 0.00901. The maximum Gasteiger partial charge on any atom is 0.410 e. The summed E-state index contributed by atoms with van der Waals surface area (Å²) in [7, 11) is 5.08. The van der Waals surface area contributed by atoms with Crippen molar-refractivity contribution in [3.05, 3.63) is 155 Å². The van der Waals surface area contributed by atoms with Crippen molar-refractivity contribution in [2.75, 3.05) is 262 Å². The molecule has 3 aromatic carbocycles. The van der Waals surface area contributed by atoms with Crippen molar-refractivity contribution >= 4 is 47.6 Å². The summed E-state index contributed by atoms with van der Waals surface area (Å²) in [5.74, 6) is -0.951. The first kappa shape index (κ1) is 110. The molecule has 0 unspecified atom stereocenters. The van der Waals surface area contributed by atoms with Crippen LogP contribution in [-0.2, 0) is 77.5 Å². The van der Waals surface area contributed by atoms with Gasteiger partial charge in [-0.2, -0.15) is 0 Å². The first-order chi connectivity index (χ1) is 59.0. The Bertz CT molecular complexity index is 3700. The van der Waals surface area contributed by atoms with E-state index in [0.717, 1.165) is 50.1 Å². The molecule has 680 valence electrons. The van der Waals surface area contributed by atoms with E-state index in [1.165, 1.54) is 28.5 Å². The number of likely N-dealkylation sites (N-methyl/N-ethyl adjacent to an activating group) is 3. The molecule has 0 saturated heterocycles. The summed E-state index contributed by atoms with van der Waals surface area (Å²) in [5.41, 5.74) is 42.5. The number of amides is 5. The average Bonchev–Trinajstić information content (AvgIpc) is 0.799. The molecule has 5 amide bonds. The molecule has 4 aromatic rings. The number of pyridine rings is 1. The number of hydrogen-bond donors (Lipinski definition) is 5. The van der Waals surface area contributed by atoms with Crippen molar-refractivity contribution in [2.24, 2.45) is 26.2 Å². The van der Waals surface area contributed by atoms with Crippen LogP contribution in [-0.4, -0.2) is 314 Å². The van der Waals surface area contributed by atoms with Gasteiger partial charge in [-0.15, -0.1) is 0 Å². The zero-order chi connectivity index (χ0) is 90.0. The van der Waals surface area contributed by atoms with Crippen LogP contribution in [0.4, 0.5) is 21.0 Å². The number of fused-ring (bicyclic) bond motifs is 1. The number of nitrogens with one attached hydrogen (secondary N) is 4. The van der Waals surface area contributed by atoms with Gasteiger partial charge in [0.05, 0.1) is 183 Å². The second-order valence-electron chi connectivity index (χ2n) is 27.7. The Morgan fingerprint density at radius 2 is 0.992 bits per heavy atom. The van der Waals surface area contributed by atoms with E-state index in [2.05, 4.69) is 97.2 Å². The molecule has 1 aliphatic rings. The number of carbonyl (C=O) groups is 6. The molecule has 0 aliphatic heterocycles. The Kier molecular flexibility index (Phi) is 65.4. The average molecular weight is 1720 g/mol. The topological polar surface area (TPSA) is 523 Å². The van der Waals surface area contributed by atoms with Crippen molar-refractivity contribution in [3.8, 4) is 11.3 Å². The minimum Gasteiger partial charge on any atom is -0.444 e. The van der Waals surface area contributed by atoms with Crippen LogP contribution in [0.3, 0.4) is 0 Å². The van der Waals surface area contributed by atoms with E-state index in [1.54, 1.807) is 64.3 Å². The number of aromatic nitrogens is 1. The fourth-order valence-corrected chi connectivity index (χ4v) is 10.1. The second-order valence-corrected chi connectivity index (χ2v) is 27.7. The molecule has 1 heterocycles. The number of anilines is 2. The van der Waals surface area contributed by atoms with Gasteiger partial charge in [0.2, 0.25) is 0 Å². The highest BCUT2D eigenvalue weighted by atomic mass is 16.6. The zero-order valence-electron chi connectivity index (χ0n) is 73.0. The number of ether oxygens (including phenoxy) is 14. The lowest BCUT2D eigenvalue weighted by Gasteiger charge is -2.26. The summed E-state index contributed by atoms with van der Waals surface area (Å²) >= 11 is 0. The van der Waals surface area contributed by atoms with Gasteiger partial charge in [0.1, 0.15) is 17.5 Å². The van der Waals surface area contributed by atoms with Gasteiger partial charge in [-0.25, -0.2) is 9.59 Å². The number of azide groups is 4. The predicted molar refractivity (Wildman–Crippen MR) is 462 cm³/mol. The number of alkyl carbamates (subject to hydrolysis) is 1. The Hall–Kier alpha value is -10.1. The van der Waals surface area contributed by atoms with Crippen LogP contribution in [0, 0.1) is 0 Å².